The molecule has 5 nitrogen and oxygen atoms in total. The highest BCUT2D eigenvalue weighted by Crippen LogP contribution is 2.13. The Morgan fingerprint density at radius 1 is 1.33 bits per heavy atom. The second kappa shape index (κ2) is 6.40. The van der Waals surface area contributed by atoms with E-state index in [4.69, 9.17) is 10.2 Å². The van der Waals surface area contributed by atoms with Crippen LogP contribution in [0.1, 0.15) is 39.5 Å². The van der Waals surface area contributed by atoms with Crippen LogP contribution < -0.4 is 5.32 Å². The third-order valence-electron chi connectivity index (χ3n) is 2.45. The van der Waals surface area contributed by atoms with Crippen LogP contribution in [0, 0.1) is 0 Å². The van der Waals surface area contributed by atoms with Gasteiger partial charge in [-0.2, -0.15) is 0 Å². The predicted molar refractivity (Wildman–Crippen MR) is 55.4 cm³/mol. The second-order valence-electron chi connectivity index (χ2n) is 3.83. The van der Waals surface area contributed by atoms with Gasteiger partial charge in [-0.1, -0.05) is 6.92 Å². The van der Waals surface area contributed by atoms with E-state index in [0.717, 1.165) is 0 Å². The zero-order valence-electron chi connectivity index (χ0n) is 9.25. The summed E-state index contributed by atoms with van der Waals surface area (Å²) in [5.74, 6) is -1.26. The summed E-state index contributed by atoms with van der Waals surface area (Å²) < 4.78 is 0. The van der Waals surface area contributed by atoms with Crippen molar-refractivity contribution in [3.8, 4) is 0 Å². The molecule has 0 spiro atoms. The molecule has 0 aliphatic carbocycles. The van der Waals surface area contributed by atoms with Gasteiger partial charge in [0.2, 0.25) is 5.91 Å². The third-order valence-corrected chi connectivity index (χ3v) is 2.45. The number of rotatable bonds is 7. The molecule has 0 rings (SSSR count). The van der Waals surface area contributed by atoms with Crippen LogP contribution in [0.25, 0.3) is 0 Å². The number of carbonyl (C=O) groups is 2. The van der Waals surface area contributed by atoms with Gasteiger partial charge in [-0.3, -0.25) is 9.59 Å². The first-order valence-corrected chi connectivity index (χ1v) is 5.07. The van der Waals surface area contributed by atoms with Crippen molar-refractivity contribution in [3.63, 3.8) is 0 Å². The number of hydrogen-bond acceptors (Lipinski definition) is 3. The number of aliphatic hydroxyl groups excluding tert-OH is 1. The Labute approximate surface area is 89.5 Å². The molecule has 0 heterocycles. The molecule has 0 saturated heterocycles. The lowest BCUT2D eigenvalue weighted by atomic mass is 9.94. The summed E-state index contributed by atoms with van der Waals surface area (Å²) in [7, 11) is 0. The van der Waals surface area contributed by atoms with Crippen molar-refractivity contribution in [3.05, 3.63) is 0 Å². The normalized spacial score (nSPS) is 14.3. The van der Waals surface area contributed by atoms with Gasteiger partial charge in [0.15, 0.2) is 0 Å². The van der Waals surface area contributed by atoms with E-state index >= 15 is 0 Å². The molecular weight excluding hydrogens is 198 g/mol. The Morgan fingerprint density at radius 3 is 2.33 bits per heavy atom. The highest BCUT2D eigenvalue weighted by Gasteiger charge is 2.23. The van der Waals surface area contributed by atoms with Gasteiger partial charge >= 0.3 is 5.97 Å². The number of aliphatic carboxylic acids is 1. The lowest BCUT2D eigenvalue weighted by Gasteiger charge is -2.28. The van der Waals surface area contributed by atoms with E-state index in [1.807, 2.05) is 13.8 Å². The first-order valence-electron chi connectivity index (χ1n) is 5.07. The van der Waals surface area contributed by atoms with Crippen molar-refractivity contribution in [2.24, 2.45) is 0 Å². The number of amides is 1. The lowest BCUT2D eigenvalue weighted by molar-refractivity contribution is -0.139. The average Bonchev–Trinajstić information content (AvgIpc) is 2.15. The Morgan fingerprint density at radius 2 is 1.93 bits per heavy atom. The monoisotopic (exact) mass is 217 g/mol. The maximum Gasteiger partial charge on any atom is 0.303 e. The van der Waals surface area contributed by atoms with Gasteiger partial charge in [0.05, 0.1) is 6.42 Å². The van der Waals surface area contributed by atoms with Crippen LogP contribution in [0.2, 0.25) is 0 Å². The van der Waals surface area contributed by atoms with E-state index in [1.54, 1.807) is 0 Å². The number of carbonyl (C=O) groups excluding carboxylic acids is 1. The Kier molecular flexibility index (Phi) is 5.93. The molecule has 1 atom stereocenters. The quantitative estimate of drug-likeness (QED) is 0.580. The molecule has 5 heteroatoms. The Balaban J connectivity index is 4.06. The summed E-state index contributed by atoms with van der Waals surface area (Å²) in [6.07, 6.45) is 0.996. The lowest BCUT2D eigenvalue weighted by Crippen LogP contribution is -2.46. The standard InChI is InChI=1S/C10H19NO4/c1-3-10(2,6-7-12)11-8(13)4-5-9(14)15/h12H,3-7H2,1-2H3,(H,11,13)(H,14,15). The SMILES string of the molecule is CCC(C)(CCO)NC(=O)CCC(=O)O. The molecule has 0 aliphatic heterocycles. The minimum absolute atomic E-state index is 0.00352. The highest BCUT2D eigenvalue weighted by atomic mass is 16.4. The first kappa shape index (κ1) is 13.9. The van der Waals surface area contributed by atoms with Crippen LogP contribution in [-0.2, 0) is 9.59 Å². The number of aliphatic hydroxyl groups is 1. The van der Waals surface area contributed by atoms with Crippen LogP contribution in [0.5, 0.6) is 0 Å². The van der Waals surface area contributed by atoms with Crippen molar-refractivity contribution in [1.29, 1.82) is 0 Å². The van der Waals surface area contributed by atoms with Gasteiger partial charge in [0, 0.05) is 18.6 Å². The maximum atomic E-state index is 11.3. The molecule has 0 fully saturated rings. The fourth-order valence-electron chi connectivity index (χ4n) is 1.19. The van der Waals surface area contributed by atoms with Crippen LogP contribution in [-0.4, -0.2) is 34.2 Å². The van der Waals surface area contributed by atoms with Gasteiger partial charge < -0.3 is 15.5 Å². The summed E-state index contributed by atoms with van der Waals surface area (Å²) in [5.41, 5.74) is -0.440. The topological polar surface area (TPSA) is 86.6 Å². The average molecular weight is 217 g/mol. The first-order chi connectivity index (χ1) is 6.93. The van der Waals surface area contributed by atoms with Gasteiger partial charge in [0.25, 0.3) is 0 Å². The molecule has 0 saturated carbocycles. The predicted octanol–water partition coefficient (Wildman–Crippen LogP) is 0.518. The minimum Gasteiger partial charge on any atom is -0.481 e. The van der Waals surface area contributed by atoms with E-state index < -0.39 is 11.5 Å². The molecular formula is C10H19NO4. The van der Waals surface area contributed by atoms with Gasteiger partial charge in [-0.05, 0) is 19.8 Å². The summed E-state index contributed by atoms with van der Waals surface area (Å²) in [4.78, 5) is 21.6. The smallest absolute Gasteiger partial charge is 0.303 e. The van der Waals surface area contributed by atoms with Gasteiger partial charge in [-0.25, -0.2) is 0 Å². The molecule has 0 radical (unpaired) electrons. The van der Waals surface area contributed by atoms with Crippen molar-refractivity contribution >= 4 is 11.9 Å². The fourth-order valence-corrected chi connectivity index (χ4v) is 1.19. The van der Waals surface area contributed by atoms with E-state index in [-0.39, 0.29) is 25.4 Å². The van der Waals surface area contributed by atoms with E-state index in [2.05, 4.69) is 5.32 Å². The molecule has 1 unspecified atom stereocenters. The van der Waals surface area contributed by atoms with Crippen LogP contribution >= 0.6 is 0 Å². The summed E-state index contributed by atoms with van der Waals surface area (Å²) in [5, 5.41) is 20.0. The van der Waals surface area contributed by atoms with Gasteiger partial charge in [0.1, 0.15) is 0 Å². The summed E-state index contributed by atoms with van der Waals surface area (Å²) in [6, 6.07) is 0. The van der Waals surface area contributed by atoms with Crippen LogP contribution in [0.3, 0.4) is 0 Å². The van der Waals surface area contributed by atoms with Crippen LogP contribution in [0.15, 0.2) is 0 Å². The second-order valence-corrected chi connectivity index (χ2v) is 3.83. The molecule has 1 amide bonds. The molecule has 0 aliphatic rings. The molecule has 0 aromatic carbocycles. The highest BCUT2D eigenvalue weighted by molar-refractivity contribution is 5.81. The molecule has 0 bridgehead atoms. The molecule has 3 N–H and O–H groups in total. The molecule has 88 valence electrons. The zero-order chi connectivity index (χ0) is 11.9. The summed E-state index contributed by atoms with van der Waals surface area (Å²) in [6.45, 7) is 3.75. The van der Waals surface area contributed by atoms with E-state index in [0.29, 0.717) is 12.8 Å². The molecule has 0 aromatic heterocycles. The Hall–Kier alpha value is -1.10. The molecule has 15 heavy (non-hydrogen) atoms. The minimum atomic E-state index is -0.981. The fraction of sp³-hybridized carbons (Fsp3) is 0.800. The van der Waals surface area contributed by atoms with Gasteiger partial charge in [-0.15, -0.1) is 0 Å². The summed E-state index contributed by atoms with van der Waals surface area (Å²) >= 11 is 0. The van der Waals surface area contributed by atoms with Crippen molar-refractivity contribution < 1.29 is 19.8 Å². The molecule has 0 aromatic rings. The number of carboxylic acid groups (broad SMARTS) is 1. The van der Waals surface area contributed by atoms with E-state index in [1.165, 1.54) is 0 Å². The number of hydrogen-bond donors (Lipinski definition) is 3. The Bertz CT molecular complexity index is 229. The van der Waals surface area contributed by atoms with E-state index in [9.17, 15) is 9.59 Å². The third kappa shape index (κ3) is 6.06. The van der Waals surface area contributed by atoms with Crippen molar-refractivity contribution in [1.82, 2.24) is 5.32 Å². The maximum absolute atomic E-state index is 11.3. The van der Waals surface area contributed by atoms with Crippen molar-refractivity contribution in [2.75, 3.05) is 6.61 Å². The number of carboxylic acids is 1. The number of nitrogens with one attached hydrogen (secondary N) is 1. The zero-order valence-corrected chi connectivity index (χ0v) is 9.25. The van der Waals surface area contributed by atoms with Crippen LogP contribution in [0.4, 0.5) is 0 Å². The van der Waals surface area contributed by atoms with Crippen molar-refractivity contribution in [2.45, 2.75) is 45.1 Å². The largest absolute Gasteiger partial charge is 0.481 e.